The van der Waals surface area contributed by atoms with Crippen molar-refractivity contribution in [3.63, 3.8) is 0 Å². The van der Waals surface area contributed by atoms with E-state index in [2.05, 4.69) is 39.8 Å². The van der Waals surface area contributed by atoms with Gasteiger partial charge in [0.2, 0.25) is 0 Å². The Labute approximate surface area is 122 Å². The highest BCUT2D eigenvalue weighted by Gasteiger charge is 2.15. The van der Waals surface area contributed by atoms with Gasteiger partial charge in [0.25, 0.3) is 0 Å². The lowest BCUT2D eigenvalue weighted by atomic mass is 9.94. The fraction of sp³-hybridized carbons (Fsp3) is 0.529. The number of benzene rings is 1. The first-order valence-corrected chi connectivity index (χ1v) is 7.47. The molecule has 0 fully saturated rings. The SMILES string of the molecule is CC/C=C\C(C)Cc1c(C)c(Cl)cc(C)c1OCC. The molecule has 0 aliphatic carbocycles. The molecule has 106 valence electrons. The number of allylic oxidation sites excluding steroid dienone is 2. The predicted molar refractivity (Wildman–Crippen MR) is 84.4 cm³/mol. The summed E-state index contributed by atoms with van der Waals surface area (Å²) in [4.78, 5) is 0. The third-order valence-electron chi connectivity index (χ3n) is 3.30. The second-order valence-corrected chi connectivity index (χ2v) is 5.47. The van der Waals surface area contributed by atoms with Gasteiger partial charge in [-0.15, -0.1) is 0 Å². The minimum Gasteiger partial charge on any atom is -0.493 e. The first-order chi connectivity index (χ1) is 9.01. The van der Waals surface area contributed by atoms with Crippen LogP contribution in [0.5, 0.6) is 5.75 Å². The second kappa shape index (κ2) is 7.59. The molecule has 1 aromatic carbocycles. The maximum Gasteiger partial charge on any atom is 0.125 e. The average Bonchev–Trinajstić information content (AvgIpc) is 2.37. The third-order valence-corrected chi connectivity index (χ3v) is 3.69. The van der Waals surface area contributed by atoms with E-state index in [-0.39, 0.29) is 0 Å². The highest BCUT2D eigenvalue weighted by Crippen LogP contribution is 2.34. The van der Waals surface area contributed by atoms with E-state index in [0.717, 1.165) is 34.7 Å². The van der Waals surface area contributed by atoms with Gasteiger partial charge in [-0.2, -0.15) is 0 Å². The monoisotopic (exact) mass is 280 g/mol. The van der Waals surface area contributed by atoms with E-state index in [1.807, 2.05) is 13.0 Å². The van der Waals surface area contributed by atoms with E-state index in [1.54, 1.807) is 0 Å². The van der Waals surface area contributed by atoms with Crippen LogP contribution >= 0.6 is 11.6 Å². The van der Waals surface area contributed by atoms with Gasteiger partial charge >= 0.3 is 0 Å². The van der Waals surface area contributed by atoms with Crippen molar-refractivity contribution >= 4 is 11.6 Å². The van der Waals surface area contributed by atoms with Crippen molar-refractivity contribution in [1.29, 1.82) is 0 Å². The molecule has 0 amide bonds. The number of hydrogen-bond donors (Lipinski definition) is 0. The summed E-state index contributed by atoms with van der Waals surface area (Å²) in [5.74, 6) is 1.51. The quantitative estimate of drug-likeness (QED) is 0.625. The lowest BCUT2D eigenvalue weighted by Gasteiger charge is -2.18. The summed E-state index contributed by atoms with van der Waals surface area (Å²) in [6, 6.07) is 2.00. The van der Waals surface area contributed by atoms with E-state index in [9.17, 15) is 0 Å². The average molecular weight is 281 g/mol. The lowest BCUT2D eigenvalue weighted by molar-refractivity contribution is 0.333. The standard InChI is InChI=1S/C17H25ClO/c1-6-8-9-12(3)10-15-14(5)16(18)11-13(4)17(15)19-7-2/h8-9,11-12H,6-7,10H2,1-5H3/b9-8-. The second-order valence-electron chi connectivity index (χ2n) is 5.06. The van der Waals surface area contributed by atoms with Gasteiger partial charge in [-0.1, -0.05) is 37.6 Å². The molecule has 1 nitrogen and oxygen atoms in total. The van der Waals surface area contributed by atoms with Gasteiger partial charge in [0, 0.05) is 5.02 Å². The van der Waals surface area contributed by atoms with E-state index in [4.69, 9.17) is 16.3 Å². The van der Waals surface area contributed by atoms with Crippen molar-refractivity contribution in [3.8, 4) is 5.75 Å². The molecule has 0 aliphatic heterocycles. The maximum atomic E-state index is 6.31. The van der Waals surface area contributed by atoms with Crippen LogP contribution < -0.4 is 4.74 Å². The summed E-state index contributed by atoms with van der Waals surface area (Å²) in [7, 11) is 0. The van der Waals surface area contributed by atoms with Crippen LogP contribution in [0.4, 0.5) is 0 Å². The molecule has 0 radical (unpaired) electrons. The molecule has 2 heteroatoms. The van der Waals surface area contributed by atoms with E-state index < -0.39 is 0 Å². The molecular weight excluding hydrogens is 256 g/mol. The Kier molecular flexibility index (Phi) is 6.44. The molecule has 0 saturated heterocycles. The first kappa shape index (κ1) is 16.1. The topological polar surface area (TPSA) is 9.23 Å². The lowest BCUT2D eigenvalue weighted by Crippen LogP contribution is -2.05. The summed E-state index contributed by atoms with van der Waals surface area (Å²) in [6.45, 7) is 11.2. The normalized spacial score (nSPS) is 12.9. The Morgan fingerprint density at radius 1 is 1.32 bits per heavy atom. The highest BCUT2D eigenvalue weighted by atomic mass is 35.5. The van der Waals surface area contributed by atoms with Crippen LogP contribution in [0, 0.1) is 19.8 Å². The van der Waals surface area contributed by atoms with Crippen molar-refractivity contribution in [1.82, 2.24) is 0 Å². The number of aryl methyl sites for hydroxylation is 1. The summed E-state index contributed by atoms with van der Waals surface area (Å²) in [6.07, 6.45) is 6.54. The Hall–Kier alpha value is -0.950. The zero-order chi connectivity index (χ0) is 14.4. The third kappa shape index (κ3) is 4.28. The molecule has 0 aliphatic rings. The van der Waals surface area contributed by atoms with Gasteiger partial charge in [-0.05, 0) is 62.3 Å². The van der Waals surface area contributed by atoms with Crippen LogP contribution in [-0.2, 0) is 6.42 Å². The molecule has 1 rings (SSSR count). The molecule has 0 spiro atoms. The van der Waals surface area contributed by atoms with Gasteiger partial charge in [0.1, 0.15) is 5.75 Å². The zero-order valence-electron chi connectivity index (χ0n) is 12.7. The first-order valence-electron chi connectivity index (χ1n) is 7.09. The van der Waals surface area contributed by atoms with E-state index in [1.165, 1.54) is 5.56 Å². The summed E-state index contributed by atoms with van der Waals surface area (Å²) in [5.41, 5.74) is 3.52. The molecule has 19 heavy (non-hydrogen) atoms. The highest BCUT2D eigenvalue weighted by molar-refractivity contribution is 6.31. The smallest absolute Gasteiger partial charge is 0.125 e. The van der Waals surface area contributed by atoms with Crippen LogP contribution in [0.3, 0.4) is 0 Å². The Bertz CT molecular complexity index is 449. The molecule has 0 bridgehead atoms. The Morgan fingerprint density at radius 3 is 2.58 bits per heavy atom. The minimum atomic E-state index is 0.496. The minimum absolute atomic E-state index is 0.496. The van der Waals surface area contributed by atoms with Crippen molar-refractivity contribution in [2.45, 2.75) is 47.5 Å². The fourth-order valence-electron chi connectivity index (χ4n) is 2.27. The van der Waals surface area contributed by atoms with Crippen LogP contribution in [-0.4, -0.2) is 6.61 Å². The summed E-state index contributed by atoms with van der Waals surface area (Å²) >= 11 is 6.31. The number of rotatable bonds is 6. The van der Waals surface area contributed by atoms with Crippen LogP contribution in [0.2, 0.25) is 5.02 Å². The molecule has 0 heterocycles. The van der Waals surface area contributed by atoms with Gasteiger partial charge in [0.05, 0.1) is 6.61 Å². The Morgan fingerprint density at radius 2 is 2.00 bits per heavy atom. The number of hydrogen-bond acceptors (Lipinski definition) is 1. The predicted octanol–water partition coefficient (Wildman–Crippen LogP) is 5.50. The molecule has 0 aromatic heterocycles. The van der Waals surface area contributed by atoms with Gasteiger partial charge in [0.15, 0.2) is 0 Å². The van der Waals surface area contributed by atoms with Crippen molar-refractivity contribution in [2.24, 2.45) is 5.92 Å². The number of halogens is 1. The zero-order valence-corrected chi connectivity index (χ0v) is 13.5. The van der Waals surface area contributed by atoms with E-state index in [0.29, 0.717) is 12.5 Å². The largest absolute Gasteiger partial charge is 0.493 e. The molecule has 0 N–H and O–H groups in total. The van der Waals surface area contributed by atoms with Gasteiger partial charge < -0.3 is 4.74 Å². The van der Waals surface area contributed by atoms with Gasteiger partial charge in [-0.3, -0.25) is 0 Å². The van der Waals surface area contributed by atoms with Crippen molar-refractivity contribution in [3.05, 3.63) is 39.9 Å². The molecular formula is C17H25ClO. The fourth-order valence-corrected chi connectivity index (χ4v) is 2.54. The van der Waals surface area contributed by atoms with Crippen molar-refractivity contribution < 1.29 is 4.74 Å². The van der Waals surface area contributed by atoms with Crippen LogP contribution in [0.15, 0.2) is 18.2 Å². The molecule has 1 atom stereocenters. The van der Waals surface area contributed by atoms with Crippen molar-refractivity contribution in [2.75, 3.05) is 6.61 Å². The molecule has 1 aromatic rings. The molecule has 1 unspecified atom stereocenters. The van der Waals surface area contributed by atoms with Crippen LogP contribution in [0.25, 0.3) is 0 Å². The van der Waals surface area contributed by atoms with Crippen LogP contribution in [0.1, 0.15) is 43.9 Å². The number of ether oxygens (including phenoxy) is 1. The van der Waals surface area contributed by atoms with E-state index >= 15 is 0 Å². The summed E-state index contributed by atoms with van der Waals surface area (Å²) in [5, 5.41) is 0.836. The van der Waals surface area contributed by atoms with Gasteiger partial charge in [-0.25, -0.2) is 0 Å². The summed E-state index contributed by atoms with van der Waals surface area (Å²) < 4.78 is 5.83. The maximum absolute atomic E-state index is 6.31. The Balaban J connectivity index is 3.12. The molecule has 0 saturated carbocycles.